The molecule has 0 saturated heterocycles. The van der Waals surface area contributed by atoms with Gasteiger partial charge in [-0.15, -0.1) is 0 Å². The zero-order valence-electron chi connectivity index (χ0n) is 10.1. The topological polar surface area (TPSA) is 99.6 Å². The van der Waals surface area contributed by atoms with Crippen LogP contribution in [-0.2, 0) is 21.4 Å². The molecule has 0 bridgehead atoms. The van der Waals surface area contributed by atoms with Gasteiger partial charge in [0.1, 0.15) is 6.61 Å². The van der Waals surface area contributed by atoms with Crippen molar-refractivity contribution < 1.29 is 22.4 Å². The van der Waals surface area contributed by atoms with E-state index in [9.17, 15) is 13.2 Å². The minimum Gasteiger partial charge on any atom is -0.455 e. The number of sulfonamides is 1. The number of benzene rings is 1. The van der Waals surface area contributed by atoms with Crippen LogP contribution in [0.4, 0.5) is 0 Å². The van der Waals surface area contributed by atoms with E-state index in [-0.39, 0.29) is 12.4 Å². The normalized spacial score (nSPS) is 11.3. The molecule has 0 aliphatic rings. The van der Waals surface area contributed by atoms with E-state index >= 15 is 0 Å². The number of carbonyl (C=O) groups is 1. The van der Waals surface area contributed by atoms with E-state index in [4.69, 9.17) is 25.9 Å². The molecule has 0 aliphatic heterocycles. The van der Waals surface area contributed by atoms with Crippen molar-refractivity contribution in [1.82, 2.24) is 0 Å². The maximum Gasteiger partial charge on any atom is 0.374 e. The van der Waals surface area contributed by atoms with Crippen molar-refractivity contribution in [3.05, 3.63) is 52.7 Å². The summed E-state index contributed by atoms with van der Waals surface area (Å²) in [4.78, 5) is 11.6. The predicted molar refractivity (Wildman–Crippen MR) is 70.7 cm³/mol. The molecule has 1 aromatic carbocycles. The summed E-state index contributed by atoms with van der Waals surface area (Å²) < 4.78 is 31.8. The minimum absolute atomic E-state index is 0.0153. The molecule has 0 radical (unpaired) electrons. The first-order valence-corrected chi connectivity index (χ1v) is 7.33. The number of nitrogens with two attached hydrogens (primary N) is 1. The molecule has 2 rings (SSSR count). The van der Waals surface area contributed by atoms with Crippen LogP contribution in [-0.4, -0.2) is 14.4 Å². The second-order valence-corrected chi connectivity index (χ2v) is 5.80. The third-order valence-corrected chi connectivity index (χ3v) is 3.38. The molecule has 0 fully saturated rings. The molecule has 2 N–H and O–H groups in total. The Hall–Kier alpha value is -1.83. The molecule has 0 spiro atoms. The Morgan fingerprint density at radius 1 is 1.20 bits per heavy atom. The molecule has 8 heteroatoms. The molecule has 0 unspecified atom stereocenters. The summed E-state index contributed by atoms with van der Waals surface area (Å²) in [5.74, 6) is -1.02. The van der Waals surface area contributed by atoms with Crippen LogP contribution in [0.2, 0.25) is 5.02 Å². The molecule has 0 saturated carbocycles. The summed E-state index contributed by atoms with van der Waals surface area (Å²) in [6.07, 6.45) is 0. The van der Waals surface area contributed by atoms with Gasteiger partial charge in [0.2, 0.25) is 10.9 Å². The second kappa shape index (κ2) is 5.66. The Morgan fingerprint density at radius 2 is 1.85 bits per heavy atom. The van der Waals surface area contributed by atoms with Gasteiger partial charge in [-0.3, -0.25) is 0 Å². The average Bonchev–Trinajstić information content (AvgIpc) is 2.87. The Balaban J connectivity index is 2.02. The van der Waals surface area contributed by atoms with E-state index in [2.05, 4.69) is 0 Å². The van der Waals surface area contributed by atoms with Crippen LogP contribution in [0.25, 0.3) is 0 Å². The van der Waals surface area contributed by atoms with Crippen LogP contribution in [0.5, 0.6) is 0 Å². The zero-order valence-corrected chi connectivity index (χ0v) is 11.6. The van der Waals surface area contributed by atoms with Gasteiger partial charge in [0, 0.05) is 5.02 Å². The number of primary sulfonamides is 1. The largest absolute Gasteiger partial charge is 0.455 e. The summed E-state index contributed by atoms with van der Waals surface area (Å²) in [5.41, 5.74) is 0.737. The van der Waals surface area contributed by atoms with Gasteiger partial charge in [-0.05, 0) is 29.8 Å². The van der Waals surface area contributed by atoms with Crippen molar-refractivity contribution in [2.45, 2.75) is 11.7 Å². The van der Waals surface area contributed by atoms with Gasteiger partial charge in [0.15, 0.2) is 0 Å². The fourth-order valence-electron chi connectivity index (χ4n) is 1.38. The number of carbonyl (C=O) groups excluding carboxylic acids is 1. The van der Waals surface area contributed by atoms with Gasteiger partial charge in [-0.2, -0.15) is 0 Å². The van der Waals surface area contributed by atoms with Crippen molar-refractivity contribution >= 4 is 27.6 Å². The summed E-state index contributed by atoms with van der Waals surface area (Å²) in [5, 5.41) is 4.95. The number of rotatable bonds is 4. The highest BCUT2D eigenvalue weighted by molar-refractivity contribution is 7.89. The van der Waals surface area contributed by atoms with Crippen LogP contribution < -0.4 is 5.14 Å². The van der Waals surface area contributed by atoms with Crippen LogP contribution in [0.15, 0.2) is 45.9 Å². The molecule has 0 atom stereocenters. The number of halogens is 1. The predicted octanol–water partition coefficient (Wildman–Crippen LogP) is 1.94. The third-order valence-electron chi connectivity index (χ3n) is 2.35. The lowest BCUT2D eigenvalue weighted by atomic mass is 10.2. The molecular formula is C12H10ClNO5S. The number of hydrogen-bond acceptors (Lipinski definition) is 5. The lowest BCUT2D eigenvalue weighted by molar-refractivity contribution is 0.0430. The highest BCUT2D eigenvalue weighted by atomic mass is 35.5. The molecule has 20 heavy (non-hydrogen) atoms. The van der Waals surface area contributed by atoms with Gasteiger partial charge >= 0.3 is 5.97 Å². The van der Waals surface area contributed by atoms with Crippen LogP contribution in [0, 0.1) is 0 Å². The second-order valence-electron chi connectivity index (χ2n) is 3.87. The summed E-state index contributed by atoms with van der Waals surface area (Å²) in [7, 11) is -3.98. The lowest BCUT2D eigenvalue weighted by Gasteiger charge is -2.03. The first-order chi connectivity index (χ1) is 9.36. The van der Waals surface area contributed by atoms with E-state index < -0.39 is 21.1 Å². The molecule has 1 heterocycles. The zero-order chi connectivity index (χ0) is 14.8. The van der Waals surface area contributed by atoms with Gasteiger partial charge < -0.3 is 9.15 Å². The summed E-state index contributed by atoms with van der Waals surface area (Å²) in [6, 6.07) is 9.01. The number of ether oxygens (including phenoxy) is 1. The summed E-state index contributed by atoms with van der Waals surface area (Å²) in [6.45, 7) is 0.0153. The van der Waals surface area contributed by atoms with Gasteiger partial charge in [-0.1, -0.05) is 23.7 Å². The van der Waals surface area contributed by atoms with Crippen LogP contribution >= 0.6 is 11.6 Å². The molecule has 6 nitrogen and oxygen atoms in total. The molecule has 0 aliphatic carbocycles. The van der Waals surface area contributed by atoms with E-state index in [1.165, 1.54) is 6.07 Å². The Bertz CT molecular complexity index is 721. The van der Waals surface area contributed by atoms with Crippen molar-refractivity contribution in [2.75, 3.05) is 0 Å². The SMILES string of the molecule is NS(=O)(=O)c1ccc(C(=O)OCc2ccc(Cl)cc2)o1. The average molecular weight is 316 g/mol. The van der Waals surface area contributed by atoms with Crippen molar-refractivity contribution in [1.29, 1.82) is 0 Å². The smallest absolute Gasteiger partial charge is 0.374 e. The highest BCUT2D eigenvalue weighted by Crippen LogP contribution is 2.15. The number of esters is 1. The lowest BCUT2D eigenvalue weighted by Crippen LogP contribution is -2.11. The van der Waals surface area contributed by atoms with E-state index in [0.29, 0.717) is 5.02 Å². The fourth-order valence-corrected chi connectivity index (χ4v) is 1.97. The van der Waals surface area contributed by atoms with E-state index in [1.807, 2.05) is 0 Å². The summed E-state index contributed by atoms with van der Waals surface area (Å²) >= 11 is 5.72. The quantitative estimate of drug-likeness (QED) is 0.869. The monoisotopic (exact) mass is 315 g/mol. The molecule has 0 amide bonds. The van der Waals surface area contributed by atoms with Crippen LogP contribution in [0.3, 0.4) is 0 Å². The third kappa shape index (κ3) is 3.60. The van der Waals surface area contributed by atoms with E-state index in [1.54, 1.807) is 24.3 Å². The Kier molecular flexibility index (Phi) is 4.12. The Labute approximate surface area is 120 Å². The van der Waals surface area contributed by atoms with Crippen molar-refractivity contribution in [2.24, 2.45) is 5.14 Å². The van der Waals surface area contributed by atoms with Gasteiger partial charge in [0.05, 0.1) is 0 Å². The maximum absolute atomic E-state index is 11.6. The standard InChI is InChI=1S/C12H10ClNO5S/c13-9-3-1-8(2-4-9)7-18-12(15)10-5-6-11(19-10)20(14,16)17/h1-6H,7H2,(H2,14,16,17). The van der Waals surface area contributed by atoms with Crippen LogP contribution in [0.1, 0.15) is 16.1 Å². The first kappa shape index (κ1) is 14.6. The van der Waals surface area contributed by atoms with Gasteiger partial charge in [0.25, 0.3) is 10.0 Å². The fraction of sp³-hybridized carbons (Fsp3) is 0.0833. The first-order valence-electron chi connectivity index (χ1n) is 5.40. The minimum atomic E-state index is -3.98. The molecule has 2 aromatic rings. The van der Waals surface area contributed by atoms with E-state index in [0.717, 1.165) is 11.6 Å². The highest BCUT2D eigenvalue weighted by Gasteiger charge is 2.18. The molecule has 106 valence electrons. The van der Waals surface area contributed by atoms with Crippen molar-refractivity contribution in [3.63, 3.8) is 0 Å². The Morgan fingerprint density at radius 3 is 2.40 bits per heavy atom. The number of furan rings is 1. The van der Waals surface area contributed by atoms with Crippen molar-refractivity contribution in [3.8, 4) is 0 Å². The maximum atomic E-state index is 11.6. The van der Waals surface area contributed by atoms with Gasteiger partial charge in [-0.25, -0.2) is 18.4 Å². The molecule has 1 aromatic heterocycles. The molecular weight excluding hydrogens is 306 g/mol. The number of hydrogen-bond donors (Lipinski definition) is 1.